The zero-order valence-electron chi connectivity index (χ0n) is 10.3. The predicted octanol–water partition coefficient (Wildman–Crippen LogP) is 2.78. The third-order valence-electron chi connectivity index (χ3n) is 3.33. The summed E-state index contributed by atoms with van der Waals surface area (Å²) in [6.07, 6.45) is 8.03. The van der Waals surface area contributed by atoms with Gasteiger partial charge in [-0.3, -0.25) is 0 Å². The molecule has 0 saturated heterocycles. The van der Waals surface area contributed by atoms with Crippen LogP contribution in [-0.2, 0) is 6.61 Å². The first-order valence-electron chi connectivity index (χ1n) is 6.40. The monoisotopic (exact) mass is 255 g/mol. The molecular weight excluding hydrogens is 242 g/mol. The van der Waals surface area contributed by atoms with Crippen LogP contribution in [0.1, 0.15) is 30.2 Å². The number of nitrogens with zero attached hydrogens (tertiary/aromatic N) is 3. The molecule has 96 valence electrons. The van der Waals surface area contributed by atoms with E-state index >= 15 is 0 Å². The van der Waals surface area contributed by atoms with Crippen LogP contribution in [0.25, 0.3) is 5.65 Å². The fraction of sp³-hybridized carbons (Fsp3) is 0.286. The minimum absolute atomic E-state index is 0.381. The third kappa shape index (κ3) is 1.97. The molecule has 1 aliphatic carbocycles. The number of hydrogen-bond acceptors (Lipinski definition) is 4. The van der Waals surface area contributed by atoms with Gasteiger partial charge in [0.05, 0.1) is 5.69 Å². The Morgan fingerprint density at radius 3 is 3.21 bits per heavy atom. The molecule has 0 aliphatic heterocycles. The predicted molar refractivity (Wildman–Crippen MR) is 68.0 cm³/mol. The SMILES string of the molecule is c1cc(OCc2cc(C3CC3)no2)c2nccn2c1. The first-order chi connectivity index (χ1) is 9.40. The normalized spacial score (nSPS) is 14.9. The van der Waals surface area contributed by atoms with Gasteiger partial charge in [-0.25, -0.2) is 4.98 Å². The molecule has 3 heterocycles. The first kappa shape index (κ1) is 10.6. The molecule has 0 aromatic carbocycles. The number of imidazole rings is 1. The highest BCUT2D eigenvalue weighted by Gasteiger charge is 2.27. The molecule has 5 nitrogen and oxygen atoms in total. The van der Waals surface area contributed by atoms with Gasteiger partial charge in [-0.05, 0) is 25.0 Å². The third-order valence-corrected chi connectivity index (χ3v) is 3.33. The van der Waals surface area contributed by atoms with E-state index in [0.717, 1.165) is 22.9 Å². The van der Waals surface area contributed by atoms with Crippen molar-refractivity contribution >= 4 is 5.65 Å². The summed E-state index contributed by atoms with van der Waals surface area (Å²) in [4.78, 5) is 4.27. The van der Waals surface area contributed by atoms with E-state index < -0.39 is 0 Å². The van der Waals surface area contributed by atoms with Gasteiger partial charge < -0.3 is 13.7 Å². The molecule has 3 aromatic heterocycles. The average Bonchev–Trinajstić information content (AvgIpc) is 3.00. The van der Waals surface area contributed by atoms with Gasteiger partial charge in [0.15, 0.2) is 17.2 Å². The summed E-state index contributed by atoms with van der Waals surface area (Å²) < 4.78 is 13.0. The summed E-state index contributed by atoms with van der Waals surface area (Å²) in [6.45, 7) is 0.381. The van der Waals surface area contributed by atoms with Crippen LogP contribution in [0.4, 0.5) is 0 Å². The Hall–Kier alpha value is -2.30. The molecule has 0 N–H and O–H groups in total. The second-order valence-electron chi connectivity index (χ2n) is 4.81. The highest BCUT2D eigenvalue weighted by molar-refractivity contribution is 5.53. The smallest absolute Gasteiger partial charge is 0.179 e. The van der Waals surface area contributed by atoms with Crippen molar-refractivity contribution < 1.29 is 9.26 Å². The van der Waals surface area contributed by atoms with Crippen LogP contribution in [0.5, 0.6) is 5.75 Å². The maximum atomic E-state index is 5.76. The van der Waals surface area contributed by atoms with Crippen LogP contribution in [-0.4, -0.2) is 14.5 Å². The van der Waals surface area contributed by atoms with Crippen LogP contribution in [0.2, 0.25) is 0 Å². The largest absolute Gasteiger partial charge is 0.482 e. The molecule has 0 spiro atoms. The molecule has 19 heavy (non-hydrogen) atoms. The van der Waals surface area contributed by atoms with Crippen LogP contribution in [0.15, 0.2) is 41.3 Å². The topological polar surface area (TPSA) is 52.6 Å². The molecule has 0 bridgehead atoms. The number of rotatable bonds is 4. The van der Waals surface area contributed by atoms with E-state index in [-0.39, 0.29) is 0 Å². The Morgan fingerprint density at radius 2 is 2.32 bits per heavy atom. The van der Waals surface area contributed by atoms with Gasteiger partial charge in [0.1, 0.15) is 6.61 Å². The average molecular weight is 255 g/mol. The van der Waals surface area contributed by atoms with Crippen molar-refractivity contribution in [3.05, 3.63) is 48.2 Å². The Balaban J connectivity index is 1.52. The van der Waals surface area contributed by atoms with Gasteiger partial charge >= 0.3 is 0 Å². The van der Waals surface area contributed by atoms with Gasteiger partial charge in [-0.1, -0.05) is 5.16 Å². The highest BCUT2D eigenvalue weighted by Crippen LogP contribution is 2.39. The molecule has 0 unspecified atom stereocenters. The second kappa shape index (κ2) is 4.12. The molecule has 4 rings (SSSR count). The van der Waals surface area contributed by atoms with Crippen molar-refractivity contribution in [2.45, 2.75) is 25.4 Å². The number of fused-ring (bicyclic) bond motifs is 1. The lowest BCUT2D eigenvalue weighted by Crippen LogP contribution is -1.96. The van der Waals surface area contributed by atoms with E-state index in [1.54, 1.807) is 6.20 Å². The Morgan fingerprint density at radius 1 is 1.37 bits per heavy atom. The molecule has 1 aliphatic rings. The Bertz CT molecular complexity index is 712. The first-order valence-corrected chi connectivity index (χ1v) is 6.40. The van der Waals surface area contributed by atoms with E-state index in [4.69, 9.17) is 9.26 Å². The standard InChI is InChI=1S/C14H13N3O2/c1-2-13(14-15-5-7-17(14)6-1)18-9-11-8-12(16-19-11)10-3-4-10/h1-2,5-8,10H,3-4,9H2. The van der Waals surface area contributed by atoms with E-state index in [1.807, 2.05) is 35.0 Å². The van der Waals surface area contributed by atoms with Crippen molar-refractivity contribution in [2.24, 2.45) is 0 Å². The molecule has 1 saturated carbocycles. The Kier molecular flexibility index (Phi) is 2.30. The maximum absolute atomic E-state index is 5.76. The van der Waals surface area contributed by atoms with Crippen molar-refractivity contribution in [3.63, 3.8) is 0 Å². The number of ether oxygens (including phenoxy) is 1. The molecule has 0 radical (unpaired) electrons. The lowest BCUT2D eigenvalue weighted by atomic mass is 10.3. The molecule has 5 heteroatoms. The van der Waals surface area contributed by atoms with Crippen molar-refractivity contribution in [2.75, 3.05) is 0 Å². The molecule has 0 atom stereocenters. The second-order valence-corrected chi connectivity index (χ2v) is 4.81. The fourth-order valence-electron chi connectivity index (χ4n) is 2.15. The van der Waals surface area contributed by atoms with Crippen molar-refractivity contribution in [1.82, 2.24) is 14.5 Å². The summed E-state index contributed by atoms with van der Waals surface area (Å²) in [5.74, 6) is 2.11. The fourth-order valence-corrected chi connectivity index (χ4v) is 2.15. The molecule has 1 fully saturated rings. The zero-order valence-corrected chi connectivity index (χ0v) is 10.3. The number of pyridine rings is 1. The minimum atomic E-state index is 0.381. The quantitative estimate of drug-likeness (QED) is 0.719. The van der Waals surface area contributed by atoms with E-state index in [9.17, 15) is 0 Å². The summed E-state index contributed by atoms with van der Waals surface area (Å²) >= 11 is 0. The Labute approximate surface area is 109 Å². The number of hydrogen-bond donors (Lipinski definition) is 0. The maximum Gasteiger partial charge on any atom is 0.179 e. The van der Waals surface area contributed by atoms with Crippen LogP contribution >= 0.6 is 0 Å². The van der Waals surface area contributed by atoms with Gasteiger partial charge in [0, 0.05) is 30.6 Å². The summed E-state index contributed by atoms with van der Waals surface area (Å²) in [5.41, 5.74) is 1.86. The zero-order chi connectivity index (χ0) is 12.7. The minimum Gasteiger partial charge on any atom is -0.482 e. The molecule has 0 amide bonds. The van der Waals surface area contributed by atoms with E-state index in [1.165, 1.54) is 12.8 Å². The van der Waals surface area contributed by atoms with Gasteiger partial charge in [-0.2, -0.15) is 0 Å². The summed E-state index contributed by atoms with van der Waals surface area (Å²) in [6, 6.07) is 5.82. The highest BCUT2D eigenvalue weighted by atomic mass is 16.5. The van der Waals surface area contributed by atoms with E-state index in [2.05, 4.69) is 10.1 Å². The van der Waals surface area contributed by atoms with Crippen LogP contribution in [0.3, 0.4) is 0 Å². The molecule has 3 aromatic rings. The summed E-state index contributed by atoms with van der Waals surface area (Å²) in [5, 5.41) is 4.07. The lowest BCUT2D eigenvalue weighted by Gasteiger charge is -2.04. The molecular formula is C14H13N3O2. The van der Waals surface area contributed by atoms with E-state index in [0.29, 0.717) is 12.5 Å². The van der Waals surface area contributed by atoms with Crippen LogP contribution < -0.4 is 4.74 Å². The van der Waals surface area contributed by atoms with Crippen LogP contribution in [0, 0.1) is 0 Å². The van der Waals surface area contributed by atoms with Gasteiger partial charge in [-0.15, -0.1) is 0 Å². The summed E-state index contributed by atoms with van der Waals surface area (Å²) in [7, 11) is 0. The number of aromatic nitrogens is 3. The van der Waals surface area contributed by atoms with Crippen molar-refractivity contribution in [3.8, 4) is 5.75 Å². The van der Waals surface area contributed by atoms with Gasteiger partial charge in [0.2, 0.25) is 0 Å². The lowest BCUT2D eigenvalue weighted by molar-refractivity contribution is 0.250. The van der Waals surface area contributed by atoms with Crippen molar-refractivity contribution in [1.29, 1.82) is 0 Å². The van der Waals surface area contributed by atoms with Gasteiger partial charge in [0.25, 0.3) is 0 Å².